The van der Waals surface area contributed by atoms with E-state index in [9.17, 15) is 4.79 Å². The minimum Gasteiger partial charge on any atom is -0.293 e. The third kappa shape index (κ3) is 3.11. The summed E-state index contributed by atoms with van der Waals surface area (Å²) >= 11 is 1.89. The second-order valence-corrected chi connectivity index (χ2v) is 8.76. The smallest absolute Gasteiger partial charge is 0.267 e. The average molecular weight is 372 g/mol. The van der Waals surface area contributed by atoms with Gasteiger partial charge in [0, 0.05) is 43.1 Å². The highest BCUT2D eigenvalue weighted by Crippen LogP contribution is 2.24. The molecule has 5 rings (SSSR count). The van der Waals surface area contributed by atoms with Crippen molar-refractivity contribution >= 4 is 11.8 Å². The Morgan fingerprint density at radius 1 is 1.15 bits per heavy atom. The molecular formula is C19H25N5OS. The Labute approximate surface area is 157 Å². The van der Waals surface area contributed by atoms with Crippen LogP contribution < -0.4 is 5.56 Å². The highest BCUT2D eigenvalue weighted by Gasteiger charge is 2.27. The van der Waals surface area contributed by atoms with Crippen molar-refractivity contribution in [2.45, 2.75) is 63.5 Å². The maximum absolute atomic E-state index is 12.5. The molecule has 1 unspecified atom stereocenters. The Balaban J connectivity index is 1.32. The van der Waals surface area contributed by atoms with Gasteiger partial charge in [-0.05, 0) is 49.6 Å². The van der Waals surface area contributed by atoms with Gasteiger partial charge in [-0.2, -0.15) is 22.0 Å². The van der Waals surface area contributed by atoms with Crippen LogP contribution in [-0.2, 0) is 38.2 Å². The van der Waals surface area contributed by atoms with Crippen LogP contribution in [0.1, 0.15) is 41.9 Å². The molecule has 26 heavy (non-hydrogen) atoms. The van der Waals surface area contributed by atoms with Gasteiger partial charge in [-0.3, -0.25) is 14.4 Å². The first kappa shape index (κ1) is 16.6. The van der Waals surface area contributed by atoms with Crippen molar-refractivity contribution in [3.05, 3.63) is 45.1 Å². The molecule has 0 amide bonds. The summed E-state index contributed by atoms with van der Waals surface area (Å²) in [6.07, 6.45) is 5.68. The van der Waals surface area contributed by atoms with Crippen LogP contribution >= 0.6 is 11.8 Å². The molecule has 5 heterocycles. The van der Waals surface area contributed by atoms with Crippen LogP contribution in [-0.4, -0.2) is 42.8 Å². The fraction of sp³-hybridized carbons (Fsp3) is 0.632. The number of hydrogen-bond donors (Lipinski definition) is 0. The van der Waals surface area contributed by atoms with E-state index in [-0.39, 0.29) is 5.56 Å². The first-order valence-electron chi connectivity index (χ1n) is 9.73. The minimum absolute atomic E-state index is 0.0547. The number of thioether (sulfide) groups is 1. The Kier molecular flexibility index (Phi) is 4.36. The zero-order valence-corrected chi connectivity index (χ0v) is 15.9. The molecule has 0 saturated carbocycles. The summed E-state index contributed by atoms with van der Waals surface area (Å²) in [5, 5.41) is 9.46. The quantitative estimate of drug-likeness (QED) is 0.821. The highest BCUT2D eigenvalue weighted by molar-refractivity contribution is 7.98. The van der Waals surface area contributed by atoms with Crippen LogP contribution in [0.15, 0.2) is 16.9 Å². The number of likely N-dealkylation sites (tertiary alicyclic amines) is 1. The van der Waals surface area contributed by atoms with E-state index in [1.165, 1.54) is 24.2 Å². The lowest BCUT2D eigenvalue weighted by molar-refractivity contribution is 0.213. The van der Waals surface area contributed by atoms with E-state index in [1.807, 2.05) is 17.8 Å². The van der Waals surface area contributed by atoms with Gasteiger partial charge in [-0.15, -0.1) is 0 Å². The van der Waals surface area contributed by atoms with Crippen molar-refractivity contribution in [3.63, 3.8) is 0 Å². The summed E-state index contributed by atoms with van der Waals surface area (Å²) in [7, 11) is 0. The molecule has 3 aliphatic rings. The van der Waals surface area contributed by atoms with Gasteiger partial charge in [0.25, 0.3) is 5.56 Å². The molecule has 1 atom stereocenters. The van der Waals surface area contributed by atoms with Crippen LogP contribution in [0.5, 0.6) is 0 Å². The van der Waals surface area contributed by atoms with E-state index in [2.05, 4.69) is 15.6 Å². The first-order chi connectivity index (χ1) is 12.8. The Morgan fingerprint density at radius 2 is 2.12 bits per heavy atom. The van der Waals surface area contributed by atoms with Gasteiger partial charge in [0.05, 0.1) is 17.9 Å². The molecule has 1 fully saturated rings. The van der Waals surface area contributed by atoms with Crippen molar-refractivity contribution in [2.75, 3.05) is 12.3 Å². The zero-order chi connectivity index (χ0) is 17.5. The van der Waals surface area contributed by atoms with Crippen LogP contribution in [0.4, 0.5) is 0 Å². The van der Waals surface area contributed by atoms with Gasteiger partial charge in [-0.25, -0.2) is 4.68 Å². The van der Waals surface area contributed by atoms with E-state index >= 15 is 0 Å². The lowest BCUT2D eigenvalue weighted by Gasteiger charge is -2.24. The summed E-state index contributed by atoms with van der Waals surface area (Å²) in [6.45, 7) is 3.74. The van der Waals surface area contributed by atoms with E-state index in [0.29, 0.717) is 12.6 Å². The summed E-state index contributed by atoms with van der Waals surface area (Å²) in [4.78, 5) is 15.0. The Bertz CT molecular complexity index is 852. The topological polar surface area (TPSA) is 56.0 Å². The number of aromatic nitrogens is 4. The maximum Gasteiger partial charge on any atom is 0.267 e. The van der Waals surface area contributed by atoms with Crippen molar-refractivity contribution in [2.24, 2.45) is 0 Å². The third-order valence-electron chi connectivity index (χ3n) is 5.87. The highest BCUT2D eigenvalue weighted by atomic mass is 32.2. The zero-order valence-electron chi connectivity index (χ0n) is 15.1. The molecular weight excluding hydrogens is 346 g/mol. The fourth-order valence-electron chi connectivity index (χ4n) is 4.50. The van der Waals surface area contributed by atoms with Crippen molar-refractivity contribution in [1.29, 1.82) is 0 Å². The molecule has 0 aromatic carbocycles. The monoisotopic (exact) mass is 371 g/mol. The lowest BCUT2D eigenvalue weighted by atomic mass is 10.2. The number of fused-ring (bicyclic) bond motifs is 2. The van der Waals surface area contributed by atoms with Gasteiger partial charge < -0.3 is 0 Å². The first-order valence-corrected chi connectivity index (χ1v) is 10.9. The van der Waals surface area contributed by atoms with Crippen LogP contribution in [0.3, 0.4) is 0 Å². The van der Waals surface area contributed by atoms with E-state index in [0.717, 1.165) is 61.7 Å². The summed E-state index contributed by atoms with van der Waals surface area (Å²) in [6, 6.07) is 4.46. The average Bonchev–Trinajstić information content (AvgIpc) is 3.33. The molecule has 0 aliphatic carbocycles. The SMILES string of the molecule is O=c1cc2c(nn1CC1CCCN1Cc1cc3n(n1)CCC3)CCSC2. The normalized spacial score (nSPS) is 22.5. The fourth-order valence-corrected chi connectivity index (χ4v) is 5.45. The number of nitrogens with zero attached hydrogens (tertiary/aromatic N) is 5. The summed E-state index contributed by atoms with van der Waals surface area (Å²) < 4.78 is 3.87. The molecule has 3 aliphatic heterocycles. The minimum atomic E-state index is 0.0547. The molecule has 0 radical (unpaired) electrons. The largest absolute Gasteiger partial charge is 0.293 e. The van der Waals surface area contributed by atoms with Crippen molar-refractivity contribution in [3.8, 4) is 0 Å². The summed E-state index contributed by atoms with van der Waals surface area (Å²) in [5.41, 5.74) is 4.87. The Morgan fingerprint density at radius 3 is 3.04 bits per heavy atom. The standard InChI is InChI=1S/C19H25N5OS/c25-19-9-14-13-26-8-5-18(14)21-24(19)12-17-4-1-6-22(17)11-15-10-16-3-2-7-23(16)20-15/h9-10,17H,1-8,11-13H2. The lowest BCUT2D eigenvalue weighted by Crippen LogP contribution is -2.37. The van der Waals surface area contributed by atoms with Crippen LogP contribution in [0, 0.1) is 0 Å². The predicted octanol–water partition coefficient (Wildman–Crippen LogP) is 1.84. The third-order valence-corrected chi connectivity index (χ3v) is 6.88. The Hall–Kier alpha value is -1.60. The van der Waals surface area contributed by atoms with Gasteiger partial charge >= 0.3 is 0 Å². The second kappa shape index (κ2) is 6.85. The van der Waals surface area contributed by atoms with Crippen molar-refractivity contribution in [1.82, 2.24) is 24.5 Å². The van der Waals surface area contributed by atoms with Gasteiger partial charge in [0.1, 0.15) is 0 Å². The van der Waals surface area contributed by atoms with E-state index < -0.39 is 0 Å². The van der Waals surface area contributed by atoms with Gasteiger partial charge in [0.15, 0.2) is 0 Å². The molecule has 138 valence electrons. The molecule has 7 heteroatoms. The number of rotatable bonds is 4. The second-order valence-electron chi connectivity index (χ2n) is 7.66. The van der Waals surface area contributed by atoms with E-state index in [4.69, 9.17) is 10.2 Å². The van der Waals surface area contributed by atoms with Crippen LogP contribution in [0.25, 0.3) is 0 Å². The molecule has 2 aromatic heterocycles. The summed E-state index contributed by atoms with van der Waals surface area (Å²) in [5.74, 6) is 2.04. The predicted molar refractivity (Wildman–Crippen MR) is 102 cm³/mol. The molecule has 1 saturated heterocycles. The van der Waals surface area contributed by atoms with Gasteiger partial charge in [0.2, 0.25) is 0 Å². The maximum atomic E-state index is 12.5. The van der Waals surface area contributed by atoms with Gasteiger partial charge in [-0.1, -0.05) is 0 Å². The van der Waals surface area contributed by atoms with Crippen LogP contribution in [0.2, 0.25) is 0 Å². The molecule has 6 nitrogen and oxygen atoms in total. The van der Waals surface area contributed by atoms with Crippen molar-refractivity contribution < 1.29 is 0 Å². The van der Waals surface area contributed by atoms with E-state index in [1.54, 1.807) is 4.68 Å². The molecule has 0 bridgehead atoms. The molecule has 0 spiro atoms. The number of hydrogen-bond acceptors (Lipinski definition) is 5. The number of aryl methyl sites for hydroxylation is 3. The molecule has 0 N–H and O–H groups in total. The molecule has 2 aromatic rings.